The van der Waals surface area contributed by atoms with Crippen LogP contribution >= 0.6 is 0 Å². The molecule has 0 bridgehead atoms. The summed E-state index contributed by atoms with van der Waals surface area (Å²) in [4.78, 5) is 18.4. The van der Waals surface area contributed by atoms with Gasteiger partial charge in [0.05, 0.1) is 5.56 Å². The van der Waals surface area contributed by atoms with Crippen LogP contribution in [0.15, 0.2) is 31.0 Å². The quantitative estimate of drug-likeness (QED) is 0.732. The summed E-state index contributed by atoms with van der Waals surface area (Å²) in [5.74, 6) is 0.820. The third kappa shape index (κ3) is 4.73. The predicted molar refractivity (Wildman–Crippen MR) is 79.4 cm³/mol. The molecule has 0 saturated carbocycles. The first-order valence-electron chi connectivity index (χ1n) is 6.83. The minimum absolute atomic E-state index is 0.0615. The molecule has 1 N–H and O–H groups in total. The Balaban J connectivity index is 2.72. The Morgan fingerprint density at radius 1 is 1.37 bits per heavy atom. The molecule has 0 saturated heterocycles. The van der Waals surface area contributed by atoms with E-state index in [0.717, 1.165) is 31.7 Å². The van der Waals surface area contributed by atoms with Gasteiger partial charge in [0, 0.05) is 25.8 Å². The van der Waals surface area contributed by atoms with Crippen LogP contribution < -0.4 is 5.32 Å². The molecule has 0 fully saturated rings. The smallest absolute Gasteiger partial charge is 0.255 e. The molecule has 0 radical (unpaired) electrons. The van der Waals surface area contributed by atoms with Crippen molar-refractivity contribution in [3.8, 4) is 0 Å². The highest BCUT2D eigenvalue weighted by Crippen LogP contribution is 2.09. The van der Waals surface area contributed by atoms with Crippen molar-refractivity contribution in [2.24, 2.45) is 0 Å². The number of nitrogens with zero attached hydrogens (tertiary/aromatic N) is 2. The zero-order valence-electron chi connectivity index (χ0n) is 11.9. The van der Waals surface area contributed by atoms with Gasteiger partial charge in [-0.2, -0.15) is 0 Å². The number of anilines is 1. The molecule has 0 spiro atoms. The zero-order valence-corrected chi connectivity index (χ0v) is 11.9. The van der Waals surface area contributed by atoms with Gasteiger partial charge in [-0.1, -0.05) is 19.9 Å². The van der Waals surface area contributed by atoms with Crippen molar-refractivity contribution in [2.45, 2.75) is 26.7 Å². The number of carbonyl (C=O) groups is 1. The van der Waals surface area contributed by atoms with Crippen molar-refractivity contribution < 1.29 is 4.79 Å². The number of carbonyl (C=O) groups excluding carboxylic acids is 1. The average molecular weight is 261 g/mol. The highest BCUT2D eigenvalue weighted by Gasteiger charge is 2.14. The van der Waals surface area contributed by atoms with Crippen LogP contribution in [0.3, 0.4) is 0 Å². The van der Waals surface area contributed by atoms with E-state index in [1.165, 1.54) is 0 Å². The van der Waals surface area contributed by atoms with Crippen LogP contribution in [0, 0.1) is 0 Å². The van der Waals surface area contributed by atoms with Gasteiger partial charge < -0.3 is 10.2 Å². The first kappa shape index (κ1) is 15.2. The fourth-order valence-electron chi connectivity index (χ4n) is 1.84. The summed E-state index contributed by atoms with van der Waals surface area (Å²) >= 11 is 0. The third-order valence-corrected chi connectivity index (χ3v) is 2.71. The number of hydrogen-bond acceptors (Lipinski definition) is 3. The van der Waals surface area contributed by atoms with Crippen molar-refractivity contribution in [1.82, 2.24) is 9.88 Å². The molecule has 1 amide bonds. The van der Waals surface area contributed by atoms with Gasteiger partial charge in [-0.25, -0.2) is 4.98 Å². The van der Waals surface area contributed by atoms with E-state index in [2.05, 4.69) is 30.7 Å². The van der Waals surface area contributed by atoms with Gasteiger partial charge in [0.15, 0.2) is 0 Å². The van der Waals surface area contributed by atoms with E-state index < -0.39 is 0 Å². The van der Waals surface area contributed by atoms with Crippen LogP contribution in [0.1, 0.15) is 37.0 Å². The minimum Gasteiger partial charge on any atom is -0.367 e. The molecule has 19 heavy (non-hydrogen) atoms. The second kappa shape index (κ2) is 8.29. The molecule has 0 aromatic carbocycles. The Morgan fingerprint density at radius 3 is 2.53 bits per heavy atom. The second-order valence-corrected chi connectivity index (χ2v) is 4.39. The molecule has 1 heterocycles. The van der Waals surface area contributed by atoms with E-state index in [4.69, 9.17) is 0 Å². The lowest BCUT2D eigenvalue weighted by Gasteiger charge is -2.21. The Bertz CT molecular complexity index is 394. The van der Waals surface area contributed by atoms with E-state index in [1.54, 1.807) is 12.3 Å². The number of pyridine rings is 1. The molecule has 1 aromatic rings. The van der Waals surface area contributed by atoms with E-state index in [0.29, 0.717) is 12.1 Å². The maximum atomic E-state index is 12.3. The van der Waals surface area contributed by atoms with E-state index in [-0.39, 0.29) is 5.91 Å². The van der Waals surface area contributed by atoms with Crippen LogP contribution in [-0.2, 0) is 0 Å². The number of rotatable bonds is 8. The maximum absolute atomic E-state index is 12.3. The lowest BCUT2D eigenvalue weighted by Crippen LogP contribution is -2.32. The fraction of sp³-hybridized carbons (Fsp3) is 0.467. The first-order valence-corrected chi connectivity index (χ1v) is 6.83. The molecule has 4 heteroatoms. The summed E-state index contributed by atoms with van der Waals surface area (Å²) in [6, 6.07) is 3.64. The van der Waals surface area contributed by atoms with Crippen molar-refractivity contribution in [3.63, 3.8) is 0 Å². The fourth-order valence-corrected chi connectivity index (χ4v) is 1.84. The summed E-state index contributed by atoms with van der Waals surface area (Å²) in [5, 5.41) is 3.09. The molecular weight excluding hydrogens is 238 g/mol. The van der Waals surface area contributed by atoms with Gasteiger partial charge in [-0.3, -0.25) is 4.79 Å². The standard InChI is InChI=1S/C15H23N3O/c1-4-9-16-14-8-7-13(12-17-14)15(19)18(10-5-2)11-6-3/h4,7-8,12H,1,5-6,9-11H2,2-3H3,(H,16,17). The summed E-state index contributed by atoms with van der Waals surface area (Å²) < 4.78 is 0. The Hall–Kier alpha value is -1.84. The topological polar surface area (TPSA) is 45.2 Å². The summed E-state index contributed by atoms with van der Waals surface area (Å²) in [6.07, 6.45) is 5.34. The summed E-state index contributed by atoms with van der Waals surface area (Å²) in [7, 11) is 0. The Morgan fingerprint density at radius 2 is 2.05 bits per heavy atom. The van der Waals surface area contributed by atoms with Gasteiger partial charge >= 0.3 is 0 Å². The molecular formula is C15H23N3O. The van der Waals surface area contributed by atoms with Crippen molar-refractivity contribution in [2.75, 3.05) is 25.0 Å². The maximum Gasteiger partial charge on any atom is 0.255 e. The van der Waals surface area contributed by atoms with Crippen LogP contribution in [-0.4, -0.2) is 35.4 Å². The largest absolute Gasteiger partial charge is 0.367 e. The Kier molecular flexibility index (Phi) is 6.64. The van der Waals surface area contributed by atoms with Crippen molar-refractivity contribution in [1.29, 1.82) is 0 Å². The van der Waals surface area contributed by atoms with Crippen molar-refractivity contribution in [3.05, 3.63) is 36.5 Å². The number of amides is 1. The van der Waals surface area contributed by atoms with E-state index in [1.807, 2.05) is 17.0 Å². The monoisotopic (exact) mass is 261 g/mol. The number of aromatic nitrogens is 1. The molecule has 4 nitrogen and oxygen atoms in total. The van der Waals surface area contributed by atoms with Crippen LogP contribution in [0.5, 0.6) is 0 Å². The lowest BCUT2D eigenvalue weighted by atomic mass is 10.2. The molecule has 0 atom stereocenters. The van der Waals surface area contributed by atoms with E-state index in [9.17, 15) is 4.79 Å². The summed E-state index contributed by atoms with van der Waals surface area (Å²) in [5.41, 5.74) is 0.644. The van der Waals surface area contributed by atoms with Gasteiger partial charge in [0.2, 0.25) is 0 Å². The highest BCUT2D eigenvalue weighted by atomic mass is 16.2. The molecule has 104 valence electrons. The molecule has 1 aromatic heterocycles. The van der Waals surface area contributed by atoms with E-state index >= 15 is 0 Å². The molecule has 0 unspecified atom stereocenters. The highest BCUT2D eigenvalue weighted by molar-refractivity contribution is 5.94. The third-order valence-electron chi connectivity index (χ3n) is 2.71. The average Bonchev–Trinajstić information content (AvgIpc) is 2.44. The van der Waals surface area contributed by atoms with Crippen LogP contribution in [0.25, 0.3) is 0 Å². The predicted octanol–water partition coefficient (Wildman–Crippen LogP) is 2.94. The summed E-state index contributed by atoms with van der Waals surface area (Å²) in [6.45, 7) is 10.0. The van der Waals surface area contributed by atoms with Crippen molar-refractivity contribution >= 4 is 11.7 Å². The van der Waals surface area contributed by atoms with Gasteiger partial charge in [0.1, 0.15) is 5.82 Å². The zero-order chi connectivity index (χ0) is 14.1. The normalized spacial score (nSPS) is 10.0. The Labute approximate surface area is 115 Å². The van der Waals surface area contributed by atoms with Gasteiger partial charge in [-0.15, -0.1) is 6.58 Å². The second-order valence-electron chi connectivity index (χ2n) is 4.39. The molecule has 1 rings (SSSR count). The molecule has 0 aliphatic heterocycles. The van der Waals surface area contributed by atoms with Crippen LogP contribution in [0.2, 0.25) is 0 Å². The molecule has 0 aliphatic carbocycles. The van der Waals surface area contributed by atoms with Gasteiger partial charge in [-0.05, 0) is 25.0 Å². The number of hydrogen-bond donors (Lipinski definition) is 1. The SMILES string of the molecule is C=CCNc1ccc(C(=O)N(CCC)CCC)cn1. The van der Waals surface area contributed by atoms with Crippen LogP contribution in [0.4, 0.5) is 5.82 Å². The molecule has 0 aliphatic rings. The minimum atomic E-state index is 0.0615. The number of nitrogens with one attached hydrogen (secondary N) is 1. The lowest BCUT2D eigenvalue weighted by molar-refractivity contribution is 0.0755. The first-order chi connectivity index (χ1) is 9.22. The van der Waals surface area contributed by atoms with Gasteiger partial charge in [0.25, 0.3) is 5.91 Å².